The Labute approximate surface area is 73.4 Å². The quantitative estimate of drug-likeness (QED) is 0.649. The monoisotopic (exact) mass is 162 g/mol. The zero-order valence-electron chi connectivity index (χ0n) is 7.42. The van der Waals surface area contributed by atoms with Crippen molar-refractivity contribution in [3.05, 3.63) is 29.8 Å². The highest BCUT2D eigenvalue weighted by Gasteiger charge is 2.18. The van der Waals surface area contributed by atoms with Crippen LogP contribution >= 0.6 is 0 Å². The second kappa shape index (κ2) is 3.18. The third-order valence-corrected chi connectivity index (χ3v) is 2.69. The van der Waals surface area contributed by atoms with Crippen LogP contribution in [0.2, 0.25) is 0 Å². The lowest BCUT2D eigenvalue weighted by Gasteiger charge is -2.25. The van der Waals surface area contributed by atoms with Gasteiger partial charge in [-0.15, -0.1) is 0 Å². The van der Waals surface area contributed by atoms with E-state index < -0.39 is 0 Å². The SMILES string of the molecule is COc1ccc(C2CCC2)cc1. The molecule has 0 amide bonds. The van der Waals surface area contributed by atoms with Gasteiger partial charge >= 0.3 is 0 Å². The number of hydrogen-bond donors (Lipinski definition) is 0. The fourth-order valence-corrected chi connectivity index (χ4v) is 1.62. The fourth-order valence-electron chi connectivity index (χ4n) is 1.62. The van der Waals surface area contributed by atoms with Crippen molar-refractivity contribution in [1.82, 2.24) is 0 Å². The summed E-state index contributed by atoms with van der Waals surface area (Å²) in [6.45, 7) is 0. The van der Waals surface area contributed by atoms with Crippen molar-refractivity contribution in [2.24, 2.45) is 0 Å². The van der Waals surface area contributed by atoms with Crippen LogP contribution in [0, 0.1) is 0 Å². The number of benzene rings is 1. The molecule has 1 aromatic rings. The van der Waals surface area contributed by atoms with Crippen LogP contribution in [0.4, 0.5) is 0 Å². The molecule has 0 radical (unpaired) electrons. The Morgan fingerprint density at radius 1 is 1.17 bits per heavy atom. The average Bonchev–Trinajstić information content (AvgIpc) is 2.03. The maximum Gasteiger partial charge on any atom is 0.118 e. The molecule has 0 N–H and O–H groups in total. The van der Waals surface area contributed by atoms with Crippen LogP contribution in [0.25, 0.3) is 0 Å². The van der Waals surface area contributed by atoms with Crippen LogP contribution in [-0.2, 0) is 0 Å². The smallest absolute Gasteiger partial charge is 0.118 e. The van der Waals surface area contributed by atoms with Crippen LogP contribution < -0.4 is 4.74 Å². The maximum absolute atomic E-state index is 5.10. The van der Waals surface area contributed by atoms with E-state index in [1.807, 2.05) is 12.1 Å². The first kappa shape index (κ1) is 7.66. The Hall–Kier alpha value is -0.980. The summed E-state index contributed by atoms with van der Waals surface area (Å²) in [7, 11) is 1.71. The van der Waals surface area contributed by atoms with E-state index in [0.29, 0.717) is 0 Å². The molecule has 1 nitrogen and oxygen atoms in total. The molecule has 0 unspecified atom stereocenters. The first-order valence-corrected chi connectivity index (χ1v) is 4.54. The minimum Gasteiger partial charge on any atom is -0.497 e. The predicted octanol–water partition coefficient (Wildman–Crippen LogP) is 2.96. The second-order valence-corrected chi connectivity index (χ2v) is 3.40. The van der Waals surface area contributed by atoms with Crippen molar-refractivity contribution in [2.75, 3.05) is 7.11 Å². The molecule has 0 saturated heterocycles. The molecule has 1 saturated carbocycles. The summed E-state index contributed by atoms with van der Waals surface area (Å²) in [5, 5.41) is 0. The Morgan fingerprint density at radius 3 is 2.25 bits per heavy atom. The highest BCUT2D eigenvalue weighted by molar-refractivity contribution is 5.30. The molecule has 1 fully saturated rings. The zero-order chi connectivity index (χ0) is 8.39. The van der Waals surface area contributed by atoms with Crippen LogP contribution in [0.5, 0.6) is 5.75 Å². The topological polar surface area (TPSA) is 9.23 Å². The van der Waals surface area contributed by atoms with E-state index in [-0.39, 0.29) is 0 Å². The third kappa shape index (κ3) is 1.31. The van der Waals surface area contributed by atoms with E-state index in [1.165, 1.54) is 24.8 Å². The Bertz CT molecular complexity index is 246. The summed E-state index contributed by atoms with van der Waals surface area (Å²) in [4.78, 5) is 0. The van der Waals surface area contributed by atoms with Gasteiger partial charge in [0, 0.05) is 0 Å². The van der Waals surface area contributed by atoms with E-state index in [9.17, 15) is 0 Å². The Morgan fingerprint density at radius 2 is 1.83 bits per heavy atom. The van der Waals surface area contributed by atoms with Gasteiger partial charge in [-0.25, -0.2) is 0 Å². The molecular weight excluding hydrogens is 148 g/mol. The van der Waals surface area contributed by atoms with Gasteiger partial charge in [0.15, 0.2) is 0 Å². The predicted molar refractivity (Wildman–Crippen MR) is 49.6 cm³/mol. The molecule has 1 aliphatic rings. The Balaban J connectivity index is 2.13. The average molecular weight is 162 g/mol. The van der Waals surface area contributed by atoms with Crippen molar-refractivity contribution in [3.63, 3.8) is 0 Å². The first-order chi connectivity index (χ1) is 5.90. The molecule has 0 spiro atoms. The molecule has 2 rings (SSSR count). The van der Waals surface area contributed by atoms with Crippen molar-refractivity contribution < 1.29 is 4.74 Å². The van der Waals surface area contributed by atoms with E-state index in [0.717, 1.165) is 11.7 Å². The van der Waals surface area contributed by atoms with E-state index in [4.69, 9.17) is 4.74 Å². The molecule has 0 atom stereocenters. The lowest BCUT2D eigenvalue weighted by atomic mass is 9.80. The Kier molecular flexibility index (Phi) is 2.03. The summed E-state index contributed by atoms with van der Waals surface area (Å²) >= 11 is 0. The molecule has 1 heteroatoms. The lowest BCUT2D eigenvalue weighted by Crippen LogP contribution is -2.08. The van der Waals surface area contributed by atoms with Crippen LogP contribution in [0.15, 0.2) is 24.3 Å². The van der Waals surface area contributed by atoms with E-state index in [2.05, 4.69) is 12.1 Å². The van der Waals surface area contributed by atoms with Crippen molar-refractivity contribution >= 4 is 0 Å². The van der Waals surface area contributed by atoms with Gasteiger partial charge in [0.2, 0.25) is 0 Å². The van der Waals surface area contributed by atoms with E-state index in [1.54, 1.807) is 7.11 Å². The summed E-state index contributed by atoms with van der Waals surface area (Å²) in [5.41, 5.74) is 1.47. The lowest BCUT2D eigenvalue weighted by molar-refractivity contribution is 0.409. The number of methoxy groups -OCH3 is 1. The van der Waals surface area contributed by atoms with Gasteiger partial charge in [-0.3, -0.25) is 0 Å². The molecule has 0 bridgehead atoms. The van der Waals surface area contributed by atoms with Crippen molar-refractivity contribution in [3.8, 4) is 5.75 Å². The molecule has 0 heterocycles. The number of hydrogen-bond acceptors (Lipinski definition) is 1. The standard InChI is InChI=1S/C11H14O/c1-12-11-7-5-10(6-8-11)9-3-2-4-9/h5-9H,2-4H2,1H3. The van der Waals surface area contributed by atoms with Gasteiger partial charge in [-0.1, -0.05) is 18.6 Å². The van der Waals surface area contributed by atoms with Gasteiger partial charge < -0.3 is 4.74 Å². The minimum absolute atomic E-state index is 0.830. The van der Waals surface area contributed by atoms with Gasteiger partial charge in [0.1, 0.15) is 5.75 Å². The molecule has 0 aliphatic heterocycles. The molecule has 64 valence electrons. The minimum atomic E-state index is 0.830. The second-order valence-electron chi connectivity index (χ2n) is 3.40. The molecule has 1 aliphatic carbocycles. The molecular formula is C11H14O. The van der Waals surface area contributed by atoms with Gasteiger partial charge in [-0.2, -0.15) is 0 Å². The molecule has 1 aromatic carbocycles. The largest absolute Gasteiger partial charge is 0.497 e. The van der Waals surface area contributed by atoms with Crippen molar-refractivity contribution in [2.45, 2.75) is 25.2 Å². The molecule has 0 aromatic heterocycles. The third-order valence-electron chi connectivity index (χ3n) is 2.69. The van der Waals surface area contributed by atoms with E-state index >= 15 is 0 Å². The summed E-state index contributed by atoms with van der Waals surface area (Å²) in [6.07, 6.45) is 4.13. The fraction of sp³-hybridized carbons (Fsp3) is 0.455. The summed E-state index contributed by atoms with van der Waals surface area (Å²) in [5.74, 6) is 1.79. The maximum atomic E-state index is 5.10. The number of ether oxygens (including phenoxy) is 1. The normalized spacial score (nSPS) is 17.1. The summed E-state index contributed by atoms with van der Waals surface area (Å²) < 4.78 is 5.10. The molecule has 12 heavy (non-hydrogen) atoms. The van der Waals surface area contributed by atoms with Crippen molar-refractivity contribution in [1.29, 1.82) is 0 Å². The van der Waals surface area contributed by atoms with Gasteiger partial charge in [0.25, 0.3) is 0 Å². The highest BCUT2D eigenvalue weighted by Crippen LogP contribution is 2.36. The van der Waals surface area contributed by atoms with Gasteiger partial charge in [0.05, 0.1) is 7.11 Å². The number of rotatable bonds is 2. The first-order valence-electron chi connectivity index (χ1n) is 4.54. The highest BCUT2D eigenvalue weighted by atomic mass is 16.5. The van der Waals surface area contributed by atoms with Crippen LogP contribution in [0.1, 0.15) is 30.7 Å². The zero-order valence-corrected chi connectivity index (χ0v) is 7.42. The summed E-state index contributed by atoms with van der Waals surface area (Å²) in [6, 6.07) is 8.46. The van der Waals surface area contributed by atoms with Crippen LogP contribution in [-0.4, -0.2) is 7.11 Å². The van der Waals surface area contributed by atoms with Crippen LogP contribution in [0.3, 0.4) is 0 Å². The van der Waals surface area contributed by atoms with Gasteiger partial charge in [-0.05, 0) is 36.5 Å².